The third kappa shape index (κ3) is 3.17. The van der Waals surface area contributed by atoms with Crippen molar-refractivity contribution >= 4 is 34.8 Å². The van der Waals surface area contributed by atoms with Gasteiger partial charge in [-0.05, 0) is 24.3 Å². The van der Waals surface area contributed by atoms with Gasteiger partial charge in [-0.1, -0.05) is 28.4 Å². The number of carbonyl (C=O) groups is 1. The number of nitrogens with zero attached hydrogens (tertiary/aromatic N) is 3. The summed E-state index contributed by atoms with van der Waals surface area (Å²) in [4.78, 5) is 20.3. The lowest BCUT2D eigenvalue weighted by Crippen LogP contribution is -2.14. The monoisotopic (exact) mass is 364 g/mol. The van der Waals surface area contributed by atoms with Gasteiger partial charge in [0.2, 0.25) is 18.1 Å². The van der Waals surface area contributed by atoms with Crippen LogP contribution >= 0.6 is 23.2 Å². The van der Waals surface area contributed by atoms with Crippen LogP contribution in [0.5, 0.6) is 5.88 Å². The van der Waals surface area contributed by atoms with Crippen molar-refractivity contribution < 1.29 is 14.1 Å². The van der Waals surface area contributed by atoms with E-state index < -0.39 is 5.91 Å². The SMILES string of the molecule is COc1ncccc1C(=O)Nc1c(Cl)cc(-c2ncon2)cc1Cl. The molecule has 0 spiro atoms. The van der Waals surface area contributed by atoms with Crippen LogP contribution in [-0.2, 0) is 0 Å². The molecule has 1 amide bonds. The van der Waals surface area contributed by atoms with Crippen LogP contribution in [0.25, 0.3) is 11.4 Å². The number of carbonyl (C=O) groups excluding carboxylic acids is 1. The summed E-state index contributed by atoms with van der Waals surface area (Å²) in [5.74, 6) is 0.0901. The summed E-state index contributed by atoms with van der Waals surface area (Å²) in [6.07, 6.45) is 2.72. The second kappa shape index (κ2) is 6.86. The highest BCUT2D eigenvalue weighted by atomic mass is 35.5. The van der Waals surface area contributed by atoms with E-state index in [9.17, 15) is 4.79 Å². The molecule has 0 atom stereocenters. The summed E-state index contributed by atoms with van der Waals surface area (Å²) in [6, 6.07) is 6.36. The Bertz CT molecular complexity index is 861. The minimum absolute atomic E-state index is 0.200. The molecule has 0 fully saturated rings. The van der Waals surface area contributed by atoms with Crippen LogP contribution in [0.3, 0.4) is 0 Å². The number of nitrogens with one attached hydrogen (secondary N) is 1. The van der Waals surface area contributed by atoms with Gasteiger partial charge in [0.1, 0.15) is 5.56 Å². The number of amides is 1. The van der Waals surface area contributed by atoms with Gasteiger partial charge in [0.15, 0.2) is 0 Å². The molecule has 24 heavy (non-hydrogen) atoms. The predicted octanol–water partition coefficient (Wildman–Crippen LogP) is 3.70. The highest BCUT2D eigenvalue weighted by Crippen LogP contribution is 2.35. The number of pyridine rings is 1. The van der Waals surface area contributed by atoms with Crippen molar-refractivity contribution in [3.05, 3.63) is 52.5 Å². The standard InChI is InChI=1S/C15H10Cl2N4O3/c1-23-15-9(3-2-4-18-15)14(22)20-12-10(16)5-8(6-11(12)17)13-19-7-24-21-13/h2-7H,1H3,(H,20,22). The fourth-order valence-corrected chi connectivity index (χ4v) is 2.61. The molecule has 122 valence electrons. The Morgan fingerprint density at radius 1 is 1.25 bits per heavy atom. The van der Waals surface area contributed by atoms with Crippen molar-refractivity contribution in [3.8, 4) is 17.3 Å². The number of methoxy groups -OCH3 is 1. The third-order valence-electron chi connectivity index (χ3n) is 3.11. The molecule has 0 saturated carbocycles. The second-order valence-corrected chi connectivity index (χ2v) is 5.40. The molecular weight excluding hydrogens is 355 g/mol. The number of anilines is 1. The van der Waals surface area contributed by atoms with Crippen LogP contribution < -0.4 is 10.1 Å². The summed E-state index contributed by atoms with van der Waals surface area (Å²) in [7, 11) is 1.43. The lowest BCUT2D eigenvalue weighted by atomic mass is 10.2. The Hall–Kier alpha value is -2.64. The fraction of sp³-hybridized carbons (Fsp3) is 0.0667. The van der Waals surface area contributed by atoms with E-state index in [1.165, 1.54) is 19.7 Å². The lowest BCUT2D eigenvalue weighted by Gasteiger charge is -2.12. The van der Waals surface area contributed by atoms with Crippen LogP contribution in [-0.4, -0.2) is 28.1 Å². The quantitative estimate of drug-likeness (QED) is 0.758. The molecule has 0 aliphatic heterocycles. The predicted molar refractivity (Wildman–Crippen MR) is 88.5 cm³/mol. The van der Waals surface area contributed by atoms with E-state index in [2.05, 4.69) is 25.0 Å². The van der Waals surface area contributed by atoms with Crippen molar-refractivity contribution in [1.29, 1.82) is 0 Å². The van der Waals surface area contributed by atoms with Gasteiger partial charge in [0.25, 0.3) is 5.91 Å². The number of aromatic nitrogens is 3. The molecule has 7 nitrogen and oxygen atoms in total. The maximum atomic E-state index is 12.4. The molecule has 1 N–H and O–H groups in total. The van der Waals surface area contributed by atoms with Crippen LogP contribution in [0.2, 0.25) is 10.0 Å². The highest BCUT2D eigenvalue weighted by molar-refractivity contribution is 6.40. The molecule has 9 heteroatoms. The van der Waals surface area contributed by atoms with Gasteiger partial charge < -0.3 is 14.6 Å². The van der Waals surface area contributed by atoms with Gasteiger partial charge in [-0.2, -0.15) is 4.98 Å². The average Bonchev–Trinajstić information content (AvgIpc) is 3.12. The molecule has 3 aromatic rings. The second-order valence-electron chi connectivity index (χ2n) is 4.58. The zero-order chi connectivity index (χ0) is 17.1. The van der Waals surface area contributed by atoms with Crippen LogP contribution in [0, 0.1) is 0 Å². The van der Waals surface area contributed by atoms with E-state index in [1.807, 2.05) is 0 Å². The van der Waals surface area contributed by atoms with Gasteiger partial charge in [0, 0.05) is 11.8 Å². The largest absolute Gasteiger partial charge is 0.480 e. The third-order valence-corrected chi connectivity index (χ3v) is 3.71. The van der Waals surface area contributed by atoms with E-state index in [1.54, 1.807) is 24.3 Å². The van der Waals surface area contributed by atoms with E-state index in [4.69, 9.17) is 27.9 Å². The van der Waals surface area contributed by atoms with E-state index in [0.29, 0.717) is 11.4 Å². The van der Waals surface area contributed by atoms with Crippen molar-refractivity contribution in [2.45, 2.75) is 0 Å². The molecule has 0 saturated heterocycles. The number of ether oxygens (including phenoxy) is 1. The molecule has 3 rings (SSSR count). The van der Waals surface area contributed by atoms with E-state index >= 15 is 0 Å². The molecular formula is C15H10Cl2N4O3. The zero-order valence-electron chi connectivity index (χ0n) is 12.3. The summed E-state index contributed by atoms with van der Waals surface area (Å²) in [5.41, 5.74) is 1.09. The Balaban J connectivity index is 1.92. The number of benzene rings is 1. The smallest absolute Gasteiger partial charge is 0.261 e. The van der Waals surface area contributed by atoms with Crippen molar-refractivity contribution in [2.75, 3.05) is 12.4 Å². The molecule has 0 bridgehead atoms. The van der Waals surface area contributed by atoms with Gasteiger partial charge in [-0.15, -0.1) is 0 Å². The normalized spacial score (nSPS) is 10.5. The first-order valence-corrected chi connectivity index (χ1v) is 7.42. The first-order chi connectivity index (χ1) is 11.6. The van der Waals surface area contributed by atoms with Gasteiger partial charge in [0.05, 0.1) is 22.8 Å². The minimum Gasteiger partial charge on any atom is -0.480 e. The summed E-state index contributed by atoms with van der Waals surface area (Å²) in [5, 5.41) is 6.84. The molecule has 0 aliphatic rings. The Morgan fingerprint density at radius 3 is 2.62 bits per heavy atom. The summed E-state index contributed by atoms with van der Waals surface area (Å²) in [6.45, 7) is 0. The van der Waals surface area contributed by atoms with E-state index in [-0.39, 0.29) is 27.2 Å². The zero-order valence-corrected chi connectivity index (χ0v) is 13.8. The van der Waals surface area contributed by atoms with Crippen molar-refractivity contribution in [2.24, 2.45) is 0 Å². The number of halogens is 2. The van der Waals surface area contributed by atoms with Gasteiger partial charge in [-0.3, -0.25) is 4.79 Å². The highest BCUT2D eigenvalue weighted by Gasteiger charge is 2.18. The Labute approximate surface area is 146 Å². The fourth-order valence-electron chi connectivity index (χ4n) is 2.03. The van der Waals surface area contributed by atoms with Crippen LogP contribution in [0.15, 0.2) is 41.4 Å². The maximum Gasteiger partial charge on any atom is 0.261 e. The van der Waals surface area contributed by atoms with Gasteiger partial charge >= 0.3 is 0 Å². The molecule has 0 radical (unpaired) electrons. The average molecular weight is 365 g/mol. The van der Waals surface area contributed by atoms with Crippen LogP contribution in [0.1, 0.15) is 10.4 Å². The van der Waals surface area contributed by atoms with Crippen molar-refractivity contribution in [3.63, 3.8) is 0 Å². The topological polar surface area (TPSA) is 90.1 Å². The first-order valence-electron chi connectivity index (χ1n) is 6.66. The minimum atomic E-state index is -0.448. The number of rotatable bonds is 4. The molecule has 2 aromatic heterocycles. The Kier molecular flexibility index (Phi) is 4.64. The molecule has 0 aliphatic carbocycles. The lowest BCUT2D eigenvalue weighted by molar-refractivity contribution is 0.102. The van der Waals surface area contributed by atoms with E-state index in [0.717, 1.165) is 0 Å². The number of hydrogen-bond acceptors (Lipinski definition) is 6. The summed E-state index contributed by atoms with van der Waals surface area (Å²) >= 11 is 12.4. The summed E-state index contributed by atoms with van der Waals surface area (Å²) < 4.78 is 9.76. The van der Waals surface area contributed by atoms with Gasteiger partial charge in [-0.25, -0.2) is 4.98 Å². The van der Waals surface area contributed by atoms with Crippen molar-refractivity contribution in [1.82, 2.24) is 15.1 Å². The maximum absolute atomic E-state index is 12.4. The molecule has 2 heterocycles. The number of hydrogen-bond donors (Lipinski definition) is 1. The first kappa shape index (κ1) is 16.2. The van der Waals surface area contributed by atoms with Crippen LogP contribution in [0.4, 0.5) is 5.69 Å². The Morgan fingerprint density at radius 2 is 2.00 bits per heavy atom. The molecule has 0 unspecified atom stereocenters. The molecule has 1 aromatic carbocycles.